The zero-order valence-corrected chi connectivity index (χ0v) is 13.3. The van der Waals surface area contributed by atoms with Crippen LogP contribution in [0.15, 0.2) is 30.3 Å². The fourth-order valence-electron chi connectivity index (χ4n) is 2.89. The second-order valence-corrected chi connectivity index (χ2v) is 6.05. The topological polar surface area (TPSA) is 104 Å². The summed E-state index contributed by atoms with van der Waals surface area (Å²) in [6.07, 6.45) is 2.24. The van der Waals surface area contributed by atoms with Gasteiger partial charge in [-0.3, -0.25) is 14.7 Å². The van der Waals surface area contributed by atoms with Crippen molar-refractivity contribution in [3.63, 3.8) is 0 Å². The molecule has 1 aliphatic rings. The first-order valence-electron chi connectivity index (χ1n) is 7.75. The Hall–Kier alpha value is -2.83. The van der Waals surface area contributed by atoms with Gasteiger partial charge in [-0.1, -0.05) is 0 Å². The Morgan fingerprint density at radius 1 is 1.33 bits per heavy atom. The lowest BCUT2D eigenvalue weighted by Gasteiger charge is -2.41. The zero-order valence-electron chi connectivity index (χ0n) is 13.3. The maximum Gasteiger partial charge on any atom is 0.305 e. The summed E-state index contributed by atoms with van der Waals surface area (Å²) in [5.41, 5.74) is 1.19. The largest absolute Gasteiger partial charge is 0.497 e. The van der Waals surface area contributed by atoms with Crippen LogP contribution in [0.2, 0.25) is 0 Å². The van der Waals surface area contributed by atoms with Gasteiger partial charge >= 0.3 is 5.97 Å². The smallest absolute Gasteiger partial charge is 0.305 e. The number of nitrogens with zero attached hydrogens (tertiary/aromatic N) is 1. The highest BCUT2D eigenvalue weighted by molar-refractivity contribution is 5.94. The molecule has 24 heavy (non-hydrogen) atoms. The molecule has 0 radical (unpaired) electrons. The number of rotatable bonds is 6. The molecule has 0 unspecified atom stereocenters. The molecule has 1 aromatic carbocycles. The van der Waals surface area contributed by atoms with Crippen LogP contribution in [0.5, 0.6) is 5.75 Å². The fraction of sp³-hybridized carbons (Fsp3) is 0.353. The van der Waals surface area contributed by atoms with E-state index >= 15 is 0 Å². The Labute approximate surface area is 139 Å². The van der Waals surface area contributed by atoms with Gasteiger partial charge in [-0.05, 0) is 49.6 Å². The number of aliphatic carboxylic acids is 1. The van der Waals surface area contributed by atoms with E-state index in [9.17, 15) is 9.59 Å². The summed E-state index contributed by atoms with van der Waals surface area (Å²) in [5.74, 6) is -0.491. The zero-order chi connectivity index (χ0) is 17.2. The number of carbonyl (C=O) groups excluding carboxylic acids is 1. The summed E-state index contributed by atoms with van der Waals surface area (Å²) < 4.78 is 5.11. The summed E-state index contributed by atoms with van der Waals surface area (Å²) in [4.78, 5) is 23.4. The normalized spacial score (nSPS) is 15.4. The number of aromatic nitrogens is 2. The molecule has 1 amide bonds. The summed E-state index contributed by atoms with van der Waals surface area (Å²) >= 11 is 0. The minimum absolute atomic E-state index is 0.0573. The standard InChI is InChI=1S/C17H19N3O4/c1-24-12-5-3-11(4-6-12)13-9-14(20-19-13)16(23)18-17(7-2-8-17)10-15(21)22/h3-6,9H,2,7-8,10H2,1H3,(H,18,23)(H,19,20)(H,21,22). The fourth-order valence-corrected chi connectivity index (χ4v) is 2.89. The van der Waals surface area contributed by atoms with Crippen molar-refractivity contribution in [1.82, 2.24) is 15.5 Å². The van der Waals surface area contributed by atoms with Crippen molar-refractivity contribution in [2.75, 3.05) is 7.11 Å². The van der Waals surface area contributed by atoms with Gasteiger partial charge in [-0.2, -0.15) is 5.10 Å². The number of carbonyl (C=O) groups is 2. The quantitative estimate of drug-likeness (QED) is 0.754. The number of hydrogen-bond acceptors (Lipinski definition) is 4. The Morgan fingerprint density at radius 3 is 2.58 bits per heavy atom. The molecule has 3 N–H and O–H groups in total. The van der Waals surface area contributed by atoms with Gasteiger partial charge in [0.1, 0.15) is 11.4 Å². The van der Waals surface area contributed by atoms with Crippen LogP contribution >= 0.6 is 0 Å². The third-order valence-corrected chi connectivity index (χ3v) is 4.39. The van der Waals surface area contributed by atoms with E-state index in [2.05, 4.69) is 15.5 Å². The van der Waals surface area contributed by atoms with E-state index in [4.69, 9.17) is 9.84 Å². The lowest BCUT2D eigenvalue weighted by atomic mass is 9.74. The number of H-pyrrole nitrogens is 1. The molecule has 0 bridgehead atoms. The lowest BCUT2D eigenvalue weighted by Crippen LogP contribution is -2.54. The van der Waals surface area contributed by atoms with E-state index in [-0.39, 0.29) is 12.3 Å². The van der Waals surface area contributed by atoms with Crippen molar-refractivity contribution in [3.05, 3.63) is 36.0 Å². The monoisotopic (exact) mass is 329 g/mol. The molecular formula is C17H19N3O4. The Morgan fingerprint density at radius 2 is 2.04 bits per heavy atom. The number of carboxylic acids is 1. The average molecular weight is 329 g/mol. The minimum Gasteiger partial charge on any atom is -0.497 e. The van der Waals surface area contributed by atoms with Crippen LogP contribution in [-0.4, -0.2) is 39.8 Å². The SMILES string of the molecule is COc1ccc(-c2cc(C(=O)NC3(CC(=O)O)CCC3)[nH]n2)cc1. The molecule has 0 atom stereocenters. The maximum atomic E-state index is 12.4. The Balaban J connectivity index is 1.72. The molecular weight excluding hydrogens is 310 g/mol. The maximum absolute atomic E-state index is 12.4. The molecule has 2 aromatic rings. The molecule has 1 saturated carbocycles. The molecule has 1 fully saturated rings. The van der Waals surface area contributed by atoms with E-state index < -0.39 is 11.5 Å². The van der Waals surface area contributed by atoms with E-state index in [1.54, 1.807) is 13.2 Å². The first-order chi connectivity index (χ1) is 11.5. The van der Waals surface area contributed by atoms with Gasteiger partial charge < -0.3 is 15.2 Å². The van der Waals surface area contributed by atoms with E-state index in [0.717, 1.165) is 17.7 Å². The van der Waals surface area contributed by atoms with Gasteiger partial charge in [-0.15, -0.1) is 0 Å². The number of aromatic amines is 1. The number of nitrogens with one attached hydrogen (secondary N) is 2. The first kappa shape index (κ1) is 16.0. The molecule has 7 heteroatoms. The van der Waals surface area contributed by atoms with Crippen LogP contribution in [-0.2, 0) is 4.79 Å². The summed E-state index contributed by atoms with van der Waals surface area (Å²) in [6.45, 7) is 0. The Bertz CT molecular complexity index is 747. The first-order valence-corrected chi connectivity index (χ1v) is 7.75. The van der Waals surface area contributed by atoms with Gasteiger partial charge in [0, 0.05) is 5.56 Å². The highest BCUT2D eigenvalue weighted by Crippen LogP contribution is 2.35. The van der Waals surface area contributed by atoms with Gasteiger partial charge in [0.15, 0.2) is 0 Å². The van der Waals surface area contributed by atoms with Gasteiger partial charge in [0.25, 0.3) is 5.91 Å². The highest BCUT2D eigenvalue weighted by atomic mass is 16.5. The number of amides is 1. The Kier molecular flexibility index (Phi) is 4.24. The van der Waals surface area contributed by atoms with Crippen LogP contribution in [0.4, 0.5) is 0 Å². The molecule has 1 heterocycles. The van der Waals surface area contributed by atoms with Crippen molar-refractivity contribution in [2.24, 2.45) is 0 Å². The molecule has 3 rings (SSSR count). The molecule has 7 nitrogen and oxygen atoms in total. The number of carboxylic acid groups (broad SMARTS) is 1. The van der Waals surface area contributed by atoms with E-state index in [0.29, 0.717) is 24.2 Å². The van der Waals surface area contributed by atoms with Crippen LogP contribution in [0, 0.1) is 0 Å². The number of ether oxygens (including phenoxy) is 1. The molecule has 126 valence electrons. The van der Waals surface area contributed by atoms with Crippen LogP contribution in [0.3, 0.4) is 0 Å². The lowest BCUT2D eigenvalue weighted by molar-refractivity contribution is -0.139. The van der Waals surface area contributed by atoms with Crippen LogP contribution in [0.25, 0.3) is 11.3 Å². The third kappa shape index (κ3) is 3.24. The highest BCUT2D eigenvalue weighted by Gasteiger charge is 2.40. The average Bonchev–Trinajstić information content (AvgIpc) is 3.02. The second kappa shape index (κ2) is 6.35. The van der Waals surface area contributed by atoms with Crippen LogP contribution in [0.1, 0.15) is 36.2 Å². The van der Waals surface area contributed by atoms with Crippen molar-refractivity contribution >= 4 is 11.9 Å². The van der Waals surface area contributed by atoms with Crippen molar-refractivity contribution in [1.29, 1.82) is 0 Å². The summed E-state index contributed by atoms with van der Waals surface area (Å²) in [6, 6.07) is 9.01. The van der Waals surface area contributed by atoms with Crippen LogP contribution < -0.4 is 10.1 Å². The van der Waals surface area contributed by atoms with Crippen molar-refractivity contribution < 1.29 is 19.4 Å². The summed E-state index contributed by atoms with van der Waals surface area (Å²) in [7, 11) is 1.60. The third-order valence-electron chi connectivity index (χ3n) is 4.39. The molecule has 0 spiro atoms. The number of benzene rings is 1. The minimum atomic E-state index is -0.904. The van der Waals surface area contributed by atoms with E-state index in [1.807, 2.05) is 24.3 Å². The number of methoxy groups -OCH3 is 1. The molecule has 0 aliphatic heterocycles. The molecule has 1 aromatic heterocycles. The number of hydrogen-bond donors (Lipinski definition) is 3. The van der Waals surface area contributed by atoms with Gasteiger partial charge in [0.05, 0.1) is 24.8 Å². The predicted molar refractivity (Wildman–Crippen MR) is 86.9 cm³/mol. The van der Waals surface area contributed by atoms with Crippen molar-refractivity contribution in [3.8, 4) is 17.0 Å². The summed E-state index contributed by atoms with van der Waals surface area (Å²) in [5, 5.41) is 18.7. The molecule has 0 saturated heterocycles. The molecule has 1 aliphatic carbocycles. The van der Waals surface area contributed by atoms with Crippen molar-refractivity contribution in [2.45, 2.75) is 31.2 Å². The van der Waals surface area contributed by atoms with E-state index in [1.165, 1.54) is 0 Å². The van der Waals surface area contributed by atoms with Gasteiger partial charge in [0.2, 0.25) is 0 Å². The second-order valence-electron chi connectivity index (χ2n) is 6.05. The van der Waals surface area contributed by atoms with Gasteiger partial charge in [-0.25, -0.2) is 0 Å². The predicted octanol–water partition coefficient (Wildman–Crippen LogP) is 2.21.